The molecule has 2 aliphatic rings. The van der Waals surface area contributed by atoms with Crippen molar-refractivity contribution >= 4 is 35.0 Å². The molecule has 1 atom stereocenters. The summed E-state index contributed by atoms with van der Waals surface area (Å²) in [6.45, 7) is 6.04. The van der Waals surface area contributed by atoms with Crippen LogP contribution in [0.4, 0.5) is 0 Å². The first-order valence-corrected chi connectivity index (χ1v) is 8.96. The molecule has 3 rings (SSSR count). The van der Waals surface area contributed by atoms with Crippen molar-refractivity contribution < 1.29 is 9.59 Å². The lowest BCUT2D eigenvalue weighted by molar-refractivity contribution is -0.138. The van der Waals surface area contributed by atoms with Crippen molar-refractivity contribution in [3.05, 3.63) is 33.8 Å². The number of rotatable bonds is 3. The van der Waals surface area contributed by atoms with Crippen LogP contribution in [-0.2, 0) is 4.79 Å². The number of piperazine rings is 1. The summed E-state index contributed by atoms with van der Waals surface area (Å²) in [6, 6.07) is 4.85. The number of hydrogen-bond acceptors (Lipinski definition) is 3. The normalized spacial score (nSPS) is 19.8. The Kier molecular flexibility index (Phi) is 5.33. The highest BCUT2D eigenvalue weighted by atomic mass is 35.5. The van der Waals surface area contributed by atoms with Gasteiger partial charge >= 0.3 is 0 Å². The van der Waals surface area contributed by atoms with Crippen LogP contribution in [0.3, 0.4) is 0 Å². The molecule has 2 saturated heterocycles. The SMILES string of the molecule is CC(C(=O)N1CCN(C(=O)c2cc(Cl)cc(Cl)c2)CC1)C1CNC1. The topological polar surface area (TPSA) is 52.7 Å². The monoisotopic (exact) mass is 369 g/mol. The smallest absolute Gasteiger partial charge is 0.254 e. The second-order valence-corrected chi connectivity index (χ2v) is 7.36. The minimum absolute atomic E-state index is 0.0419. The number of carbonyl (C=O) groups excluding carboxylic acids is 2. The van der Waals surface area contributed by atoms with E-state index in [9.17, 15) is 9.59 Å². The maximum atomic E-state index is 12.6. The van der Waals surface area contributed by atoms with Crippen molar-refractivity contribution in [2.75, 3.05) is 39.3 Å². The van der Waals surface area contributed by atoms with Gasteiger partial charge in [0, 0.05) is 47.7 Å². The lowest BCUT2D eigenvalue weighted by atomic mass is 9.88. The molecule has 1 N–H and O–H groups in total. The van der Waals surface area contributed by atoms with Gasteiger partial charge in [-0.2, -0.15) is 0 Å². The molecule has 5 nitrogen and oxygen atoms in total. The third kappa shape index (κ3) is 3.68. The fraction of sp³-hybridized carbons (Fsp3) is 0.529. The Morgan fingerprint density at radius 1 is 1.04 bits per heavy atom. The molecular formula is C17H21Cl2N3O2. The van der Waals surface area contributed by atoms with Crippen LogP contribution in [0.2, 0.25) is 10.0 Å². The molecule has 2 fully saturated rings. The highest BCUT2D eigenvalue weighted by Crippen LogP contribution is 2.22. The molecule has 24 heavy (non-hydrogen) atoms. The predicted molar refractivity (Wildman–Crippen MR) is 94.5 cm³/mol. The average Bonchev–Trinajstić information content (AvgIpc) is 2.51. The van der Waals surface area contributed by atoms with Gasteiger partial charge in [0.1, 0.15) is 0 Å². The molecular weight excluding hydrogens is 349 g/mol. The Bertz CT molecular complexity index is 620. The fourth-order valence-corrected chi connectivity index (χ4v) is 3.67. The molecule has 0 aromatic heterocycles. The molecule has 1 aromatic carbocycles. The van der Waals surface area contributed by atoms with Crippen molar-refractivity contribution in [1.82, 2.24) is 15.1 Å². The summed E-state index contributed by atoms with van der Waals surface area (Å²) in [6.07, 6.45) is 0. The van der Waals surface area contributed by atoms with Crippen LogP contribution < -0.4 is 5.32 Å². The third-order valence-corrected chi connectivity index (χ3v) is 5.33. The largest absolute Gasteiger partial charge is 0.339 e. The first-order chi connectivity index (χ1) is 11.5. The van der Waals surface area contributed by atoms with E-state index in [2.05, 4.69) is 5.32 Å². The number of hydrogen-bond donors (Lipinski definition) is 1. The Morgan fingerprint density at radius 2 is 1.58 bits per heavy atom. The standard InChI is InChI=1S/C17H21Cl2N3O2/c1-11(13-9-20-10-13)16(23)21-2-4-22(5-3-21)17(24)12-6-14(18)8-15(19)7-12/h6-8,11,13,20H,2-5,9-10H2,1H3. The molecule has 0 bridgehead atoms. The zero-order valence-corrected chi connectivity index (χ0v) is 15.1. The predicted octanol–water partition coefficient (Wildman–Crippen LogP) is 2.13. The van der Waals surface area contributed by atoms with Crippen LogP contribution in [0.5, 0.6) is 0 Å². The van der Waals surface area contributed by atoms with E-state index in [1.54, 1.807) is 23.1 Å². The highest BCUT2D eigenvalue weighted by molar-refractivity contribution is 6.35. The summed E-state index contributed by atoms with van der Waals surface area (Å²) in [5.74, 6) is 0.577. The van der Waals surface area contributed by atoms with Crippen molar-refractivity contribution in [3.8, 4) is 0 Å². The maximum absolute atomic E-state index is 12.6. The van der Waals surface area contributed by atoms with Gasteiger partial charge in [-0.05, 0) is 37.2 Å². The van der Waals surface area contributed by atoms with Gasteiger partial charge in [-0.3, -0.25) is 9.59 Å². The van der Waals surface area contributed by atoms with Crippen molar-refractivity contribution in [2.24, 2.45) is 11.8 Å². The molecule has 2 heterocycles. The van der Waals surface area contributed by atoms with E-state index in [1.165, 1.54) is 0 Å². The number of benzene rings is 1. The summed E-state index contributed by atoms with van der Waals surface area (Å²) in [5, 5.41) is 4.10. The van der Waals surface area contributed by atoms with Crippen LogP contribution in [0.15, 0.2) is 18.2 Å². The molecule has 0 saturated carbocycles. The number of halogens is 2. The zero-order chi connectivity index (χ0) is 17.3. The van der Waals surface area contributed by atoms with E-state index in [0.717, 1.165) is 13.1 Å². The summed E-state index contributed by atoms with van der Waals surface area (Å²) in [4.78, 5) is 28.7. The van der Waals surface area contributed by atoms with Crippen LogP contribution >= 0.6 is 23.2 Å². The third-order valence-electron chi connectivity index (χ3n) is 4.90. The van der Waals surface area contributed by atoms with E-state index in [0.29, 0.717) is 47.7 Å². The summed E-state index contributed by atoms with van der Waals surface area (Å²) in [7, 11) is 0. The van der Waals surface area contributed by atoms with Crippen LogP contribution in [0.25, 0.3) is 0 Å². The second kappa shape index (κ2) is 7.30. The Balaban J connectivity index is 1.58. The van der Waals surface area contributed by atoms with Gasteiger partial charge in [-0.1, -0.05) is 30.1 Å². The van der Waals surface area contributed by atoms with Gasteiger partial charge in [0.25, 0.3) is 5.91 Å². The molecule has 1 unspecified atom stereocenters. The van der Waals surface area contributed by atoms with Crippen molar-refractivity contribution in [2.45, 2.75) is 6.92 Å². The number of amides is 2. The van der Waals surface area contributed by atoms with Crippen molar-refractivity contribution in [1.29, 1.82) is 0 Å². The summed E-state index contributed by atoms with van der Waals surface area (Å²) >= 11 is 11.9. The quantitative estimate of drug-likeness (QED) is 0.887. The highest BCUT2D eigenvalue weighted by Gasteiger charge is 2.33. The Labute approximate surface area is 151 Å². The van der Waals surface area contributed by atoms with Gasteiger partial charge in [0.05, 0.1) is 0 Å². The van der Waals surface area contributed by atoms with Gasteiger partial charge in [0.2, 0.25) is 5.91 Å². The minimum atomic E-state index is -0.0947. The lowest BCUT2D eigenvalue weighted by Crippen LogP contribution is -2.55. The molecule has 2 amide bonds. The van der Waals surface area contributed by atoms with E-state index in [4.69, 9.17) is 23.2 Å². The van der Waals surface area contributed by atoms with E-state index in [-0.39, 0.29) is 17.7 Å². The molecule has 2 aliphatic heterocycles. The first-order valence-electron chi connectivity index (χ1n) is 8.20. The van der Waals surface area contributed by atoms with Gasteiger partial charge < -0.3 is 15.1 Å². The lowest BCUT2D eigenvalue weighted by Gasteiger charge is -2.39. The van der Waals surface area contributed by atoms with Crippen LogP contribution in [-0.4, -0.2) is 60.9 Å². The van der Waals surface area contributed by atoms with Crippen molar-refractivity contribution in [3.63, 3.8) is 0 Å². The van der Waals surface area contributed by atoms with Gasteiger partial charge in [0.15, 0.2) is 0 Å². The number of carbonyl (C=O) groups is 2. The van der Waals surface area contributed by atoms with E-state index in [1.807, 2.05) is 11.8 Å². The zero-order valence-electron chi connectivity index (χ0n) is 13.6. The number of nitrogens with zero attached hydrogens (tertiary/aromatic N) is 2. The van der Waals surface area contributed by atoms with E-state index >= 15 is 0 Å². The van der Waals surface area contributed by atoms with Crippen LogP contribution in [0, 0.1) is 11.8 Å². The fourth-order valence-electron chi connectivity index (χ4n) is 3.14. The molecule has 130 valence electrons. The van der Waals surface area contributed by atoms with Gasteiger partial charge in [-0.25, -0.2) is 0 Å². The Hall–Kier alpha value is -1.30. The van der Waals surface area contributed by atoms with Crippen LogP contribution in [0.1, 0.15) is 17.3 Å². The maximum Gasteiger partial charge on any atom is 0.254 e. The Morgan fingerprint density at radius 3 is 2.08 bits per heavy atom. The average molecular weight is 370 g/mol. The second-order valence-electron chi connectivity index (χ2n) is 6.48. The molecule has 0 radical (unpaired) electrons. The molecule has 0 aliphatic carbocycles. The number of nitrogens with one attached hydrogen (secondary N) is 1. The van der Waals surface area contributed by atoms with Gasteiger partial charge in [-0.15, -0.1) is 0 Å². The molecule has 7 heteroatoms. The first kappa shape index (κ1) is 17.5. The molecule has 0 spiro atoms. The minimum Gasteiger partial charge on any atom is -0.339 e. The van der Waals surface area contributed by atoms with E-state index < -0.39 is 0 Å². The summed E-state index contributed by atoms with van der Waals surface area (Å²) in [5.41, 5.74) is 0.487. The summed E-state index contributed by atoms with van der Waals surface area (Å²) < 4.78 is 0. The molecule has 1 aromatic rings.